The standard InChI is InChI=1S/C37H60N6O7/c1-11-14-24(29(46)32(48)38-17-12-2)39-31(47)28-23-16-13-15-22(23)20-43(28)33(49)30(36(6,7)8)41-34(50)40-25(35(3,4)5)21-42-26(44)18-37(9,10)19-27(42)45/h12,22-25,28,30H,2,11,13-21H2,1,3-10H3,(H,38,48)(H,39,47)(H2,40,41,50)/t22-,23-,24?,25+,28-,30+/m0/s1. The molecule has 0 aromatic heterocycles. The SMILES string of the molecule is C=CCNC(=O)C(=O)C(CCC)NC(=O)[C@@H]1[C@H]2CCC[C@H]2CN1C(=O)[C@@H](NC(=O)N[C@H](CN1C(=O)CC(C)(C)CC1=O)C(C)(C)C)C(C)(C)C. The summed E-state index contributed by atoms with van der Waals surface area (Å²) in [6.45, 7) is 20.8. The molecule has 6 atom stereocenters. The molecule has 0 aromatic carbocycles. The Kier molecular flexibility index (Phi) is 13.1. The van der Waals surface area contributed by atoms with E-state index >= 15 is 0 Å². The number of ketones is 1. The number of piperidine rings is 1. The number of amides is 7. The number of rotatable bonds is 13. The molecule has 3 fully saturated rings. The fourth-order valence-electron chi connectivity index (χ4n) is 7.37. The summed E-state index contributed by atoms with van der Waals surface area (Å²) in [7, 11) is 0. The van der Waals surface area contributed by atoms with Crippen LogP contribution in [0.25, 0.3) is 0 Å². The lowest BCUT2D eigenvalue weighted by Gasteiger charge is -2.40. The summed E-state index contributed by atoms with van der Waals surface area (Å²) in [6, 6.07) is -4.19. The van der Waals surface area contributed by atoms with Crippen molar-refractivity contribution < 1.29 is 33.6 Å². The third kappa shape index (κ3) is 9.93. The van der Waals surface area contributed by atoms with Crippen LogP contribution in [0, 0.1) is 28.1 Å². The second-order valence-corrected chi connectivity index (χ2v) is 17.3. The summed E-state index contributed by atoms with van der Waals surface area (Å²) >= 11 is 0. The molecule has 0 bridgehead atoms. The molecule has 1 saturated carbocycles. The highest BCUT2D eigenvalue weighted by atomic mass is 16.2. The zero-order chi connectivity index (χ0) is 37.8. The molecule has 50 heavy (non-hydrogen) atoms. The Bertz CT molecular complexity index is 1330. The summed E-state index contributed by atoms with van der Waals surface area (Å²) in [5.41, 5.74) is -1.74. The molecule has 3 aliphatic rings. The van der Waals surface area contributed by atoms with E-state index in [0.717, 1.165) is 19.3 Å². The van der Waals surface area contributed by atoms with E-state index in [4.69, 9.17) is 0 Å². The molecule has 0 aromatic rings. The molecule has 3 rings (SSSR count). The number of likely N-dealkylation sites (tertiary alicyclic amines) is 2. The predicted molar refractivity (Wildman–Crippen MR) is 189 cm³/mol. The third-order valence-electron chi connectivity index (χ3n) is 10.2. The van der Waals surface area contributed by atoms with Gasteiger partial charge in [-0.25, -0.2) is 4.79 Å². The van der Waals surface area contributed by atoms with E-state index in [1.54, 1.807) is 4.90 Å². The molecule has 1 aliphatic carbocycles. The van der Waals surface area contributed by atoms with Crippen LogP contribution < -0.4 is 21.3 Å². The molecular weight excluding hydrogens is 640 g/mol. The number of urea groups is 1. The normalized spacial score (nSPS) is 23.7. The van der Waals surface area contributed by atoms with Crippen LogP contribution in [0.2, 0.25) is 0 Å². The third-order valence-corrected chi connectivity index (χ3v) is 10.2. The van der Waals surface area contributed by atoms with Gasteiger partial charge in [-0.2, -0.15) is 0 Å². The Morgan fingerprint density at radius 1 is 0.940 bits per heavy atom. The first-order chi connectivity index (χ1) is 23.1. The molecule has 2 aliphatic heterocycles. The summed E-state index contributed by atoms with van der Waals surface area (Å²) in [4.78, 5) is 96.3. The highest BCUT2D eigenvalue weighted by Crippen LogP contribution is 2.43. The lowest BCUT2D eigenvalue weighted by Crippen LogP contribution is -2.62. The van der Waals surface area contributed by atoms with Crippen molar-refractivity contribution in [2.24, 2.45) is 28.1 Å². The first-order valence-electron chi connectivity index (χ1n) is 18.0. The maximum Gasteiger partial charge on any atom is 0.315 e. The van der Waals surface area contributed by atoms with Gasteiger partial charge in [0.2, 0.25) is 29.4 Å². The molecule has 4 N–H and O–H groups in total. The summed E-state index contributed by atoms with van der Waals surface area (Å²) in [5, 5.41) is 11.1. The van der Waals surface area contributed by atoms with Crippen LogP contribution >= 0.6 is 0 Å². The maximum absolute atomic E-state index is 14.5. The Balaban J connectivity index is 1.82. The van der Waals surface area contributed by atoms with Gasteiger partial charge in [-0.15, -0.1) is 6.58 Å². The monoisotopic (exact) mass is 700 g/mol. The number of fused-ring (bicyclic) bond motifs is 1. The second kappa shape index (κ2) is 16.1. The molecule has 0 spiro atoms. The Labute approximate surface area is 297 Å². The zero-order valence-corrected chi connectivity index (χ0v) is 31.6. The van der Waals surface area contributed by atoms with Crippen LogP contribution in [0.3, 0.4) is 0 Å². The zero-order valence-electron chi connectivity index (χ0n) is 31.6. The Morgan fingerprint density at radius 3 is 2.10 bits per heavy atom. The van der Waals surface area contributed by atoms with Crippen molar-refractivity contribution in [3.05, 3.63) is 12.7 Å². The summed E-state index contributed by atoms with van der Waals surface area (Å²) in [5.74, 6) is -3.05. The van der Waals surface area contributed by atoms with Crippen molar-refractivity contribution in [3.63, 3.8) is 0 Å². The van der Waals surface area contributed by atoms with Crippen LogP contribution in [0.5, 0.6) is 0 Å². The smallest absolute Gasteiger partial charge is 0.315 e. The molecule has 7 amide bonds. The first-order valence-corrected chi connectivity index (χ1v) is 18.0. The highest BCUT2D eigenvalue weighted by Gasteiger charge is 2.52. The number of hydrogen-bond donors (Lipinski definition) is 4. The van der Waals surface area contributed by atoms with Gasteiger partial charge in [0, 0.05) is 32.5 Å². The first kappa shape index (κ1) is 40.7. The Hall–Kier alpha value is -3.77. The van der Waals surface area contributed by atoms with E-state index in [2.05, 4.69) is 27.8 Å². The fourth-order valence-corrected chi connectivity index (χ4v) is 7.37. The number of carbonyl (C=O) groups is 7. The van der Waals surface area contributed by atoms with Crippen LogP contribution in [0.4, 0.5) is 4.79 Å². The van der Waals surface area contributed by atoms with E-state index in [0.29, 0.717) is 13.0 Å². The van der Waals surface area contributed by atoms with E-state index in [9.17, 15) is 33.6 Å². The molecule has 280 valence electrons. The number of Topliss-reactive ketones (excluding diaryl/α,β-unsaturated/α-hetero) is 1. The van der Waals surface area contributed by atoms with E-state index in [-0.39, 0.29) is 56.0 Å². The molecule has 2 saturated heterocycles. The van der Waals surface area contributed by atoms with Gasteiger partial charge >= 0.3 is 6.03 Å². The molecule has 0 radical (unpaired) electrons. The predicted octanol–water partition coefficient (Wildman–Crippen LogP) is 3.07. The van der Waals surface area contributed by atoms with Crippen molar-refractivity contribution in [2.75, 3.05) is 19.6 Å². The number of nitrogens with zero attached hydrogens (tertiary/aromatic N) is 2. The lowest BCUT2D eigenvalue weighted by molar-refractivity contribution is -0.153. The van der Waals surface area contributed by atoms with Crippen LogP contribution in [-0.4, -0.2) is 95.0 Å². The van der Waals surface area contributed by atoms with Crippen LogP contribution in [-0.2, 0) is 28.8 Å². The van der Waals surface area contributed by atoms with Crippen molar-refractivity contribution >= 4 is 41.4 Å². The van der Waals surface area contributed by atoms with Crippen LogP contribution in [0.15, 0.2) is 12.7 Å². The van der Waals surface area contributed by atoms with Gasteiger partial charge in [0.05, 0.1) is 12.1 Å². The topological polar surface area (TPSA) is 174 Å². The van der Waals surface area contributed by atoms with Gasteiger partial charge in [0.15, 0.2) is 0 Å². The molecular formula is C37H60N6O7. The molecule has 13 heteroatoms. The van der Waals surface area contributed by atoms with Crippen molar-refractivity contribution in [1.29, 1.82) is 0 Å². The molecule has 13 nitrogen and oxygen atoms in total. The minimum absolute atomic E-state index is 0.000211. The quantitative estimate of drug-likeness (QED) is 0.130. The van der Waals surface area contributed by atoms with Crippen molar-refractivity contribution in [2.45, 2.75) is 131 Å². The maximum atomic E-state index is 14.5. The lowest BCUT2D eigenvalue weighted by atomic mass is 9.80. The van der Waals surface area contributed by atoms with Gasteiger partial charge in [-0.05, 0) is 47.3 Å². The molecule has 1 unspecified atom stereocenters. The van der Waals surface area contributed by atoms with E-state index in [1.165, 1.54) is 11.0 Å². The number of carbonyl (C=O) groups excluding carboxylic acids is 7. The van der Waals surface area contributed by atoms with Gasteiger partial charge in [-0.3, -0.25) is 33.7 Å². The van der Waals surface area contributed by atoms with E-state index < -0.39 is 69.9 Å². The number of hydrogen-bond acceptors (Lipinski definition) is 7. The second-order valence-electron chi connectivity index (χ2n) is 17.3. The van der Waals surface area contributed by atoms with Gasteiger partial charge in [-0.1, -0.05) is 81.2 Å². The van der Waals surface area contributed by atoms with Crippen molar-refractivity contribution in [1.82, 2.24) is 31.1 Å². The average Bonchev–Trinajstić information content (AvgIpc) is 3.59. The van der Waals surface area contributed by atoms with Gasteiger partial charge < -0.3 is 26.2 Å². The molecule has 2 heterocycles. The van der Waals surface area contributed by atoms with E-state index in [1.807, 2.05) is 62.3 Å². The van der Waals surface area contributed by atoms with Crippen LogP contribution in [0.1, 0.15) is 107 Å². The largest absolute Gasteiger partial charge is 0.346 e. The Morgan fingerprint density at radius 2 is 1.56 bits per heavy atom. The summed E-state index contributed by atoms with van der Waals surface area (Å²) in [6.07, 6.45) is 5.23. The fraction of sp³-hybridized carbons (Fsp3) is 0.757. The summed E-state index contributed by atoms with van der Waals surface area (Å²) < 4.78 is 0. The number of nitrogens with one attached hydrogen (secondary N) is 4. The minimum atomic E-state index is -1.05. The van der Waals surface area contributed by atoms with Gasteiger partial charge in [0.25, 0.3) is 5.91 Å². The number of imide groups is 1. The average molecular weight is 701 g/mol. The highest BCUT2D eigenvalue weighted by molar-refractivity contribution is 6.38. The van der Waals surface area contributed by atoms with Crippen molar-refractivity contribution in [3.8, 4) is 0 Å². The van der Waals surface area contributed by atoms with Gasteiger partial charge in [0.1, 0.15) is 12.1 Å². The minimum Gasteiger partial charge on any atom is -0.346 e.